The third kappa shape index (κ3) is 3.87. The van der Waals surface area contributed by atoms with E-state index in [0.29, 0.717) is 21.5 Å². The van der Waals surface area contributed by atoms with Gasteiger partial charge in [0.2, 0.25) is 0 Å². The van der Waals surface area contributed by atoms with E-state index in [0.717, 1.165) is 4.90 Å². The van der Waals surface area contributed by atoms with E-state index in [1.807, 2.05) is 0 Å². The first kappa shape index (κ1) is 19.8. The highest BCUT2D eigenvalue weighted by molar-refractivity contribution is 9.10. The van der Waals surface area contributed by atoms with Crippen LogP contribution in [0.4, 0.5) is 5.69 Å². The zero-order valence-corrected chi connectivity index (χ0v) is 17.7. The van der Waals surface area contributed by atoms with Gasteiger partial charge in [-0.3, -0.25) is 19.8 Å². The summed E-state index contributed by atoms with van der Waals surface area (Å²) < 4.78 is 5.87. The van der Waals surface area contributed by atoms with Gasteiger partial charge >= 0.3 is 0 Å². The maximum absolute atomic E-state index is 13.0. The molecule has 0 atom stereocenters. The SMILES string of the molecule is COc1ccc(/C=C2\C(=O)NC(=S)N(c3cccc(Cl)c3Cl)C2=O)cc1Br. The molecule has 0 aromatic heterocycles. The van der Waals surface area contributed by atoms with Crippen molar-refractivity contribution in [1.29, 1.82) is 0 Å². The van der Waals surface area contributed by atoms with Gasteiger partial charge in [0.25, 0.3) is 11.8 Å². The highest BCUT2D eigenvalue weighted by atomic mass is 79.9. The summed E-state index contributed by atoms with van der Waals surface area (Å²) in [7, 11) is 1.55. The molecule has 1 heterocycles. The van der Waals surface area contributed by atoms with Crippen molar-refractivity contribution in [2.24, 2.45) is 0 Å². The number of methoxy groups -OCH3 is 1. The molecule has 2 aromatic carbocycles. The van der Waals surface area contributed by atoms with Gasteiger partial charge in [0, 0.05) is 0 Å². The third-order valence-corrected chi connectivity index (χ3v) is 5.47. The summed E-state index contributed by atoms with van der Waals surface area (Å²) in [6.07, 6.45) is 1.47. The summed E-state index contributed by atoms with van der Waals surface area (Å²) in [5.74, 6) is -0.559. The Morgan fingerprint density at radius 1 is 1.22 bits per heavy atom. The molecule has 1 aliphatic rings. The Morgan fingerprint density at radius 2 is 1.96 bits per heavy atom. The zero-order valence-electron chi connectivity index (χ0n) is 13.8. The van der Waals surface area contributed by atoms with Crippen molar-refractivity contribution in [2.75, 3.05) is 12.0 Å². The number of halogens is 3. The Kier molecular flexibility index (Phi) is 5.86. The molecule has 0 spiro atoms. The number of carbonyl (C=O) groups is 2. The fraction of sp³-hybridized carbons (Fsp3) is 0.0556. The first-order chi connectivity index (χ1) is 12.8. The average molecular weight is 486 g/mol. The normalized spacial score (nSPS) is 15.9. The molecule has 9 heteroatoms. The van der Waals surface area contributed by atoms with E-state index in [1.54, 1.807) is 43.5 Å². The molecule has 1 N–H and O–H groups in total. The molecule has 2 amide bonds. The van der Waals surface area contributed by atoms with Crippen LogP contribution in [-0.4, -0.2) is 24.0 Å². The molecule has 0 aliphatic carbocycles. The first-order valence-electron chi connectivity index (χ1n) is 7.52. The molecule has 0 saturated carbocycles. The van der Waals surface area contributed by atoms with Gasteiger partial charge in [-0.1, -0.05) is 35.3 Å². The monoisotopic (exact) mass is 484 g/mol. The number of hydrogen-bond acceptors (Lipinski definition) is 4. The standard InChI is InChI=1S/C18H11BrCl2N2O3S/c1-26-14-6-5-9(8-11(14)19)7-10-16(24)22-18(27)23(17(10)25)13-4-2-3-12(20)15(13)21/h2-8H,1H3,(H,22,24,27)/b10-7+. The second-order valence-electron chi connectivity index (χ2n) is 5.42. The fourth-order valence-corrected chi connectivity index (χ4v) is 3.69. The Bertz CT molecular complexity index is 1010. The molecule has 1 saturated heterocycles. The summed E-state index contributed by atoms with van der Waals surface area (Å²) in [4.78, 5) is 26.5. The van der Waals surface area contributed by atoms with Gasteiger partial charge < -0.3 is 4.74 Å². The predicted octanol–water partition coefficient (Wildman–Crippen LogP) is 4.60. The Morgan fingerprint density at radius 3 is 2.63 bits per heavy atom. The second-order valence-corrected chi connectivity index (χ2v) is 7.45. The number of ether oxygens (including phenoxy) is 1. The molecule has 0 unspecified atom stereocenters. The van der Waals surface area contributed by atoms with Gasteiger partial charge in [-0.15, -0.1) is 0 Å². The van der Waals surface area contributed by atoms with E-state index in [9.17, 15) is 9.59 Å². The van der Waals surface area contributed by atoms with Gasteiger partial charge in [0.05, 0.1) is 27.3 Å². The summed E-state index contributed by atoms with van der Waals surface area (Å²) in [5, 5.41) is 2.87. The van der Waals surface area contributed by atoms with Crippen molar-refractivity contribution >= 4 is 80.0 Å². The van der Waals surface area contributed by atoms with E-state index >= 15 is 0 Å². The summed E-state index contributed by atoms with van der Waals surface area (Å²) in [6, 6.07) is 10.0. The van der Waals surface area contributed by atoms with Gasteiger partial charge in [0.15, 0.2) is 5.11 Å². The number of hydrogen-bond donors (Lipinski definition) is 1. The quantitative estimate of drug-likeness (QED) is 0.392. The first-order valence-corrected chi connectivity index (χ1v) is 9.48. The van der Waals surface area contributed by atoms with Crippen molar-refractivity contribution in [3.8, 4) is 5.75 Å². The molecule has 2 aromatic rings. The zero-order chi connectivity index (χ0) is 19.7. The minimum Gasteiger partial charge on any atom is -0.496 e. The number of nitrogens with one attached hydrogen (secondary N) is 1. The van der Waals surface area contributed by atoms with E-state index in [1.165, 1.54) is 6.08 Å². The van der Waals surface area contributed by atoms with Gasteiger partial charge in [-0.2, -0.15) is 0 Å². The highest BCUT2D eigenvalue weighted by Gasteiger charge is 2.35. The topological polar surface area (TPSA) is 58.6 Å². The molecule has 27 heavy (non-hydrogen) atoms. The van der Waals surface area contributed by atoms with Crippen LogP contribution in [0.25, 0.3) is 6.08 Å². The maximum atomic E-state index is 13.0. The van der Waals surface area contributed by atoms with Crippen molar-refractivity contribution in [3.63, 3.8) is 0 Å². The number of nitrogens with zero attached hydrogens (tertiary/aromatic N) is 1. The Balaban J connectivity index is 2.05. The van der Waals surface area contributed by atoms with Gasteiger partial charge in [-0.05, 0) is 64.1 Å². The molecule has 138 valence electrons. The molecule has 0 radical (unpaired) electrons. The van der Waals surface area contributed by atoms with E-state index in [4.69, 9.17) is 40.2 Å². The van der Waals surface area contributed by atoms with Crippen molar-refractivity contribution in [3.05, 3.63) is 62.1 Å². The number of carbonyl (C=O) groups excluding carboxylic acids is 2. The van der Waals surface area contributed by atoms with Crippen LogP contribution in [0.3, 0.4) is 0 Å². The lowest BCUT2D eigenvalue weighted by atomic mass is 10.1. The van der Waals surface area contributed by atoms with E-state index < -0.39 is 11.8 Å². The minimum absolute atomic E-state index is 0.0674. The summed E-state index contributed by atoms with van der Waals surface area (Å²) >= 11 is 20.8. The van der Waals surface area contributed by atoms with Crippen LogP contribution in [0, 0.1) is 0 Å². The molecular formula is C18H11BrCl2N2O3S. The molecule has 1 aliphatic heterocycles. The fourth-order valence-electron chi connectivity index (χ4n) is 2.48. The van der Waals surface area contributed by atoms with Crippen LogP contribution in [0.2, 0.25) is 10.0 Å². The number of thiocarbonyl (C=S) groups is 1. The van der Waals surface area contributed by atoms with Crippen molar-refractivity contribution < 1.29 is 14.3 Å². The number of rotatable bonds is 3. The van der Waals surface area contributed by atoms with Crippen molar-refractivity contribution in [2.45, 2.75) is 0 Å². The second kappa shape index (κ2) is 7.98. The van der Waals surface area contributed by atoms with E-state index in [-0.39, 0.29) is 20.7 Å². The lowest BCUT2D eigenvalue weighted by Gasteiger charge is -2.29. The smallest absolute Gasteiger partial charge is 0.270 e. The number of benzene rings is 2. The van der Waals surface area contributed by atoms with Gasteiger partial charge in [0.1, 0.15) is 11.3 Å². The van der Waals surface area contributed by atoms with Gasteiger partial charge in [-0.25, -0.2) is 0 Å². The molecular weight excluding hydrogens is 475 g/mol. The van der Waals surface area contributed by atoms with Crippen LogP contribution >= 0.6 is 51.3 Å². The lowest BCUT2D eigenvalue weighted by Crippen LogP contribution is -2.54. The molecule has 0 bridgehead atoms. The predicted molar refractivity (Wildman–Crippen MR) is 113 cm³/mol. The highest BCUT2D eigenvalue weighted by Crippen LogP contribution is 2.34. The molecule has 3 rings (SSSR count). The molecule has 5 nitrogen and oxygen atoms in total. The van der Waals surface area contributed by atoms with Crippen LogP contribution in [0.15, 0.2) is 46.4 Å². The molecule has 1 fully saturated rings. The van der Waals surface area contributed by atoms with Crippen LogP contribution in [0.5, 0.6) is 5.75 Å². The Labute approximate surface area is 179 Å². The number of amides is 2. The minimum atomic E-state index is -0.597. The summed E-state index contributed by atoms with van der Waals surface area (Å²) in [5.41, 5.74) is 0.837. The largest absolute Gasteiger partial charge is 0.496 e. The van der Waals surface area contributed by atoms with Crippen LogP contribution < -0.4 is 15.0 Å². The third-order valence-electron chi connectivity index (χ3n) is 3.76. The lowest BCUT2D eigenvalue weighted by molar-refractivity contribution is -0.122. The van der Waals surface area contributed by atoms with Crippen LogP contribution in [-0.2, 0) is 9.59 Å². The van der Waals surface area contributed by atoms with Crippen molar-refractivity contribution in [1.82, 2.24) is 5.32 Å². The van der Waals surface area contributed by atoms with Crippen LogP contribution in [0.1, 0.15) is 5.56 Å². The Hall–Kier alpha value is -1.93. The average Bonchev–Trinajstić information content (AvgIpc) is 2.62. The number of anilines is 1. The van der Waals surface area contributed by atoms with E-state index in [2.05, 4.69) is 21.2 Å². The maximum Gasteiger partial charge on any atom is 0.270 e. The summed E-state index contributed by atoms with van der Waals surface area (Å²) in [6.45, 7) is 0.